The van der Waals surface area contributed by atoms with Crippen LogP contribution in [0, 0.1) is 0 Å². The van der Waals surface area contributed by atoms with Crippen LogP contribution in [0.5, 0.6) is 0 Å². The van der Waals surface area contributed by atoms with Gasteiger partial charge in [-0.1, -0.05) is 24.3 Å². The molecular formula is C14H13BrN2O. The standard InChI is InChI=1S/C14H13BrN2O/c1-17(10-6-3-2-4-7-10)14(18)11-8-5-9-12(15)13(11)16/h2-9H,16H2,1H3. The van der Waals surface area contributed by atoms with E-state index in [1.54, 1.807) is 24.1 Å². The monoisotopic (exact) mass is 304 g/mol. The molecule has 0 aliphatic carbocycles. The van der Waals surface area contributed by atoms with Crippen LogP contribution in [0.15, 0.2) is 53.0 Å². The number of halogens is 1. The van der Waals surface area contributed by atoms with Crippen LogP contribution < -0.4 is 10.6 Å². The summed E-state index contributed by atoms with van der Waals surface area (Å²) in [6.07, 6.45) is 0. The normalized spacial score (nSPS) is 10.1. The van der Waals surface area contributed by atoms with Crippen LogP contribution in [0.2, 0.25) is 0 Å². The van der Waals surface area contributed by atoms with Gasteiger partial charge in [-0.3, -0.25) is 4.79 Å². The van der Waals surface area contributed by atoms with Crippen molar-refractivity contribution >= 4 is 33.2 Å². The van der Waals surface area contributed by atoms with Gasteiger partial charge in [0.15, 0.2) is 0 Å². The fourth-order valence-electron chi connectivity index (χ4n) is 1.67. The summed E-state index contributed by atoms with van der Waals surface area (Å²) >= 11 is 3.32. The SMILES string of the molecule is CN(C(=O)c1cccc(Br)c1N)c1ccccc1. The summed E-state index contributed by atoms with van der Waals surface area (Å²) in [6.45, 7) is 0. The summed E-state index contributed by atoms with van der Waals surface area (Å²) in [5, 5.41) is 0. The molecule has 18 heavy (non-hydrogen) atoms. The minimum absolute atomic E-state index is 0.125. The third-order valence-corrected chi connectivity index (χ3v) is 3.42. The molecular weight excluding hydrogens is 292 g/mol. The van der Waals surface area contributed by atoms with E-state index in [1.807, 2.05) is 36.4 Å². The zero-order valence-corrected chi connectivity index (χ0v) is 11.5. The van der Waals surface area contributed by atoms with Crippen molar-refractivity contribution in [2.24, 2.45) is 0 Å². The van der Waals surface area contributed by atoms with E-state index in [0.29, 0.717) is 11.3 Å². The summed E-state index contributed by atoms with van der Waals surface area (Å²) in [5.41, 5.74) is 7.70. The number of amides is 1. The molecule has 0 radical (unpaired) electrons. The molecule has 0 heterocycles. The molecule has 2 aromatic rings. The number of hydrogen-bond donors (Lipinski definition) is 1. The molecule has 4 heteroatoms. The minimum Gasteiger partial charge on any atom is -0.397 e. The van der Waals surface area contributed by atoms with Gasteiger partial charge in [-0.2, -0.15) is 0 Å². The van der Waals surface area contributed by atoms with Crippen molar-refractivity contribution in [2.45, 2.75) is 0 Å². The zero-order valence-electron chi connectivity index (χ0n) is 9.93. The van der Waals surface area contributed by atoms with Gasteiger partial charge in [-0.15, -0.1) is 0 Å². The number of nitrogen functional groups attached to an aromatic ring is 1. The number of nitrogens with two attached hydrogens (primary N) is 1. The van der Waals surface area contributed by atoms with E-state index in [9.17, 15) is 4.79 Å². The lowest BCUT2D eigenvalue weighted by Gasteiger charge is -2.18. The number of carbonyl (C=O) groups is 1. The summed E-state index contributed by atoms with van der Waals surface area (Å²) in [4.78, 5) is 13.9. The lowest BCUT2D eigenvalue weighted by Crippen LogP contribution is -2.27. The fourth-order valence-corrected chi connectivity index (χ4v) is 2.04. The summed E-state index contributed by atoms with van der Waals surface area (Å²) < 4.78 is 0.731. The van der Waals surface area contributed by atoms with Gasteiger partial charge in [0.25, 0.3) is 5.91 Å². The topological polar surface area (TPSA) is 46.3 Å². The molecule has 3 nitrogen and oxygen atoms in total. The van der Waals surface area contributed by atoms with Gasteiger partial charge < -0.3 is 10.6 Å². The van der Waals surface area contributed by atoms with Crippen molar-refractivity contribution in [1.82, 2.24) is 0 Å². The Labute approximate surface area is 114 Å². The zero-order chi connectivity index (χ0) is 13.1. The maximum absolute atomic E-state index is 12.3. The Hall–Kier alpha value is -1.81. The number of benzene rings is 2. The lowest BCUT2D eigenvalue weighted by atomic mass is 10.1. The summed E-state index contributed by atoms with van der Waals surface area (Å²) in [5.74, 6) is -0.125. The number of para-hydroxylation sites is 2. The molecule has 0 fully saturated rings. The highest BCUT2D eigenvalue weighted by Crippen LogP contribution is 2.25. The fraction of sp³-hybridized carbons (Fsp3) is 0.0714. The number of nitrogens with zero attached hydrogens (tertiary/aromatic N) is 1. The largest absolute Gasteiger partial charge is 0.397 e. The first-order chi connectivity index (χ1) is 8.61. The van der Waals surface area contributed by atoms with Gasteiger partial charge in [-0.05, 0) is 40.2 Å². The molecule has 1 amide bonds. The molecule has 0 unspecified atom stereocenters. The van der Waals surface area contributed by atoms with Crippen LogP contribution >= 0.6 is 15.9 Å². The number of hydrogen-bond acceptors (Lipinski definition) is 2. The third kappa shape index (κ3) is 2.38. The van der Waals surface area contributed by atoms with Crippen LogP contribution in [0.4, 0.5) is 11.4 Å². The maximum Gasteiger partial charge on any atom is 0.260 e. The van der Waals surface area contributed by atoms with Gasteiger partial charge in [0.05, 0.1) is 11.3 Å². The first kappa shape index (κ1) is 12.6. The van der Waals surface area contributed by atoms with Gasteiger partial charge in [0, 0.05) is 17.2 Å². The summed E-state index contributed by atoms with van der Waals surface area (Å²) in [6, 6.07) is 14.8. The predicted molar refractivity (Wildman–Crippen MR) is 77.7 cm³/mol. The van der Waals surface area contributed by atoms with E-state index in [0.717, 1.165) is 10.2 Å². The molecule has 2 aromatic carbocycles. The molecule has 0 saturated carbocycles. The maximum atomic E-state index is 12.3. The first-order valence-electron chi connectivity index (χ1n) is 5.48. The molecule has 0 aliphatic heterocycles. The Balaban J connectivity index is 2.35. The van der Waals surface area contributed by atoms with Gasteiger partial charge in [-0.25, -0.2) is 0 Å². The second kappa shape index (κ2) is 5.23. The number of rotatable bonds is 2. The molecule has 2 N–H and O–H groups in total. The van der Waals surface area contributed by atoms with E-state index in [1.165, 1.54) is 0 Å². The Morgan fingerprint density at radius 1 is 1.11 bits per heavy atom. The van der Waals surface area contributed by atoms with Crippen molar-refractivity contribution in [3.8, 4) is 0 Å². The number of carbonyl (C=O) groups excluding carboxylic acids is 1. The Bertz CT molecular complexity index is 569. The Morgan fingerprint density at radius 3 is 2.44 bits per heavy atom. The van der Waals surface area contributed by atoms with E-state index in [4.69, 9.17) is 5.73 Å². The van der Waals surface area contributed by atoms with E-state index in [-0.39, 0.29) is 5.91 Å². The third-order valence-electron chi connectivity index (χ3n) is 2.73. The quantitative estimate of drug-likeness (QED) is 0.865. The molecule has 0 aromatic heterocycles. The average Bonchev–Trinajstić information content (AvgIpc) is 2.41. The molecule has 0 saturated heterocycles. The Morgan fingerprint density at radius 2 is 1.78 bits per heavy atom. The number of anilines is 2. The van der Waals surface area contributed by atoms with Crippen LogP contribution in [0.1, 0.15) is 10.4 Å². The van der Waals surface area contributed by atoms with Crippen LogP contribution in [0.3, 0.4) is 0 Å². The van der Waals surface area contributed by atoms with Crippen molar-refractivity contribution in [1.29, 1.82) is 0 Å². The highest BCUT2D eigenvalue weighted by molar-refractivity contribution is 9.10. The van der Waals surface area contributed by atoms with Crippen molar-refractivity contribution in [3.63, 3.8) is 0 Å². The highest BCUT2D eigenvalue weighted by atomic mass is 79.9. The highest BCUT2D eigenvalue weighted by Gasteiger charge is 2.16. The predicted octanol–water partition coefficient (Wildman–Crippen LogP) is 3.31. The minimum atomic E-state index is -0.125. The molecule has 92 valence electrons. The van der Waals surface area contributed by atoms with Gasteiger partial charge >= 0.3 is 0 Å². The van der Waals surface area contributed by atoms with E-state index in [2.05, 4.69) is 15.9 Å². The molecule has 0 atom stereocenters. The van der Waals surface area contributed by atoms with Gasteiger partial charge in [0.1, 0.15) is 0 Å². The first-order valence-corrected chi connectivity index (χ1v) is 6.27. The van der Waals surface area contributed by atoms with Crippen molar-refractivity contribution in [2.75, 3.05) is 17.7 Å². The summed E-state index contributed by atoms with van der Waals surface area (Å²) in [7, 11) is 1.73. The molecule has 0 bridgehead atoms. The van der Waals surface area contributed by atoms with Crippen LogP contribution in [0.25, 0.3) is 0 Å². The van der Waals surface area contributed by atoms with E-state index >= 15 is 0 Å². The Kier molecular flexibility index (Phi) is 3.67. The molecule has 2 rings (SSSR count). The van der Waals surface area contributed by atoms with Gasteiger partial charge in [0.2, 0.25) is 0 Å². The van der Waals surface area contributed by atoms with Crippen molar-refractivity contribution in [3.05, 3.63) is 58.6 Å². The average molecular weight is 305 g/mol. The molecule has 0 spiro atoms. The smallest absolute Gasteiger partial charge is 0.260 e. The van der Waals surface area contributed by atoms with Crippen molar-refractivity contribution < 1.29 is 4.79 Å². The lowest BCUT2D eigenvalue weighted by molar-refractivity contribution is 0.0994. The second-order valence-electron chi connectivity index (χ2n) is 3.90. The molecule has 0 aliphatic rings. The van der Waals surface area contributed by atoms with Crippen LogP contribution in [-0.4, -0.2) is 13.0 Å². The van der Waals surface area contributed by atoms with E-state index < -0.39 is 0 Å². The second-order valence-corrected chi connectivity index (χ2v) is 4.76. The van der Waals surface area contributed by atoms with Crippen LogP contribution in [-0.2, 0) is 0 Å².